The Labute approximate surface area is 174 Å². The lowest BCUT2D eigenvalue weighted by Gasteiger charge is -2.28. The highest BCUT2D eigenvalue weighted by Crippen LogP contribution is 2.34. The molecule has 0 bridgehead atoms. The van der Waals surface area contributed by atoms with Crippen LogP contribution in [0.3, 0.4) is 0 Å². The van der Waals surface area contributed by atoms with E-state index in [-0.39, 0.29) is 35.3 Å². The van der Waals surface area contributed by atoms with Gasteiger partial charge in [0.15, 0.2) is 5.78 Å². The van der Waals surface area contributed by atoms with Crippen LogP contribution in [0.1, 0.15) is 53.2 Å². The number of nitrogens with two attached hydrogens (primary N) is 1. The minimum absolute atomic E-state index is 0.0596. The lowest BCUT2D eigenvalue weighted by molar-refractivity contribution is 0.0988. The van der Waals surface area contributed by atoms with Crippen LogP contribution in [0.2, 0.25) is 0 Å². The number of ketones is 1. The van der Waals surface area contributed by atoms with Gasteiger partial charge in [-0.25, -0.2) is 9.37 Å². The summed E-state index contributed by atoms with van der Waals surface area (Å²) in [6.07, 6.45) is 7.77. The summed E-state index contributed by atoms with van der Waals surface area (Å²) in [4.78, 5) is 21.6. The molecule has 2 aromatic heterocycles. The Kier molecular flexibility index (Phi) is 5.86. The van der Waals surface area contributed by atoms with Crippen molar-refractivity contribution in [3.63, 3.8) is 0 Å². The number of pyridine rings is 2. The van der Waals surface area contributed by atoms with Crippen molar-refractivity contribution in [1.29, 1.82) is 0 Å². The zero-order chi connectivity index (χ0) is 21.1. The second-order valence-electron chi connectivity index (χ2n) is 7.87. The minimum Gasteiger partial charge on any atom is -0.508 e. The van der Waals surface area contributed by atoms with Gasteiger partial charge in [0.2, 0.25) is 0 Å². The molecule has 0 radical (unpaired) electrons. The summed E-state index contributed by atoms with van der Waals surface area (Å²) in [6.45, 7) is 0. The average molecular weight is 405 g/mol. The van der Waals surface area contributed by atoms with Crippen molar-refractivity contribution in [2.45, 2.75) is 44.1 Å². The van der Waals surface area contributed by atoms with Crippen molar-refractivity contribution >= 4 is 5.78 Å². The van der Waals surface area contributed by atoms with Gasteiger partial charge in [0.05, 0.1) is 5.69 Å². The van der Waals surface area contributed by atoms with Gasteiger partial charge in [-0.3, -0.25) is 9.78 Å². The lowest BCUT2D eigenvalue weighted by atomic mass is 9.80. The van der Waals surface area contributed by atoms with Gasteiger partial charge in [0.1, 0.15) is 17.3 Å². The number of aromatic hydroxyl groups is 1. The summed E-state index contributed by atoms with van der Waals surface area (Å²) in [5, 5.41) is 9.67. The number of rotatable bonds is 5. The topological polar surface area (TPSA) is 89.1 Å². The summed E-state index contributed by atoms with van der Waals surface area (Å²) < 4.78 is 14.2. The predicted octanol–water partition coefficient (Wildman–Crippen LogP) is 4.40. The molecule has 3 N–H and O–H groups in total. The molecule has 1 aromatic carbocycles. The Morgan fingerprint density at radius 2 is 2.07 bits per heavy atom. The van der Waals surface area contributed by atoms with Gasteiger partial charge < -0.3 is 10.8 Å². The number of halogens is 1. The van der Waals surface area contributed by atoms with Crippen LogP contribution in [0.15, 0.2) is 54.9 Å². The van der Waals surface area contributed by atoms with Crippen molar-refractivity contribution in [3.05, 3.63) is 77.5 Å². The number of benzene rings is 1. The minimum atomic E-state index is -0.506. The fourth-order valence-corrected chi connectivity index (χ4v) is 4.21. The second kappa shape index (κ2) is 8.71. The third-order valence-electron chi connectivity index (χ3n) is 5.71. The van der Waals surface area contributed by atoms with E-state index in [9.17, 15) is 14.3 Å². The molecule has 2 atom stereocenters. The van der Waals surface area contributed by atoms with Crippen LogP contribution in [0.25, 0.3) is 11.3 Å². The average Bonchev–Trinajstić information content (AvgIpc) is 2.76. The van der Waals surface area contributed by atoms with Gasteiger partial charge in [-0.05, 0) is 72.7 Å². The van der Waals surface area contributed by atoms with Crippen LogP contribution in [-0.2, 0) is 6.42 Å². The molecule has 1 fully saturated rings. The SMILES string of the molecule is N[C@H]1CCC[C@@H](c2ccncc2CC(=O)c2cccc(-c3cc(O)ccc3F)n2)C1. The van der Waals surface area contributed by atoms with E-state index in [1.165, 1.54) is 18.2 Å². The van der Waals surface area contributed by atoms with Crippen molar-refractivity contribution < 1.29 is 14.3 Å². The van der Waals surface area contributed by atoms with Crippen molar-refractivity contribution in [2.75, 3.05) is 0 Å². The molecule has 6 heteroatoms. The zero-order valence-corrected chi connectivity index (χ0v) is 16.6. The van der Waals surface area contributed by atoms with Crippen molar-refractivity contribution in [1.82, 2.24) is 9.97 Å². The number of aromatic nitrogens is 2. The van der Waals surface area contributed by atoms with E-state index in [0.29, 0.717) is 11.6 Å². The summed E-state index contributed by atoms with van der Waals surface area (Å²) in [5.41, 5.74) is 8.89. The molecule has 1 aliphatic rings. The van der Waals surface area contributed by atoms with E-state index < -0.39 is 5.82 Å². The van der Waals surface area contributed by atoms with Crippen LogP contribution in [0.5, 0.6) is 5.75 Å². The van der Waals surface area contributed by atoms with Gasteiger partial charge in [-0.15, -0.1) is 0 Å². The molecule has 0 aliphatic heterocycles. The molecular weight excluding hydrogens is 381 g/mol. The highest BCUT2D eigenvalue weighted by molar-refractivity contribution is 5.96. The number of phenolic OH excluding ortho intramolecular Hbond substituents is 1. The monoisotopic (exact) mass is 405 g/mol. The quantitative estimate of drug-likeness (QED) is 0.614. The smallest absolute Gasteiger partial charge is 0.185 e. The van der Waals surface area contributed by atoms with Gasteiger partial charge in [0.25, 0.3) is 0 Å². The Morgan fingerprint density at radius 1 is 1.20 bits per heavy atom. The van der Waals surface area contributed by atoms with Gasteiger partial charge >= 0.3 is 0 Å². The molecule has 5 nitrogen and oxygen atoms in total. The van der Waals surface area contributed by atoms with E-state index in [1.54, 1.807) is 30.6 Å². The first-order valence-corrected chi connectivity index (χ1v) is 10.2. The van der Waals surface area contributed by atoms with Crippen LogP contribution in [0, 0.1) is 5.82 Å². The number of carbonyl (C=O) groups excluding carboxylic acids is 1. The Morgan fingerprint density at radius 3 is 2.90 bits per heavy atom. The molecule has 2 heterocycles. The standard InChI is InChI=1S/C24H24FN3O2/c25-21-8-7-18(29)13-20(21)22-5-2-6-23(28-22)24(30)12-16-14-27-10-9-19(16)15-3-1-4-17(26)11-15/h2,5-10,13-15,17,29H,1,3-4,11-12,26H2/t15-,17+/m1/s1. The van der Waals surface area contributed by atoms with E-state index in [0.717, 1.165) is 36.8 Å². The van der Waals surface area contributed by atoms with Gasteiger partial charge in [-0.1, -0.05) is 12.5 Å². The Balaban J connectivity index is 1.59. The first kappa shape index (κ1) is 20.2. The Bertz CT molecular complexity index is 1070. The fraction of sp³-hybridized carbons (Fsp3) is 0.292. The largest absolute Gasteiger partial charge is 0.508 e. The summed E-state index contributed by atoms with van der Waals surface area (Å²) >= 11 is 0. The zero-order valence-electron chi connectivity index (χ0n) is 16.6. The third kappa shape index (κ3) is 4.39. The van der Waals surface area contributed by atoms with Crippen LogP contribution in [-0.4, -0.2) is 26.9 Å². The molecular formula is C24H24FN3O2. The Hall–Kier alpha value is -3.12. The summed E-state index contributed by atoms with van der Waals surface area (Å²) in [6, 6.07) is 10.8. The molecule has 4 rings (SSSR count). The number of phenols is 1. The maximum atomic E-state index is 14.2. The van der Waals surface area contributed by atoms with Gasteiger partial charge in [-0.2, -0.15) is 0 Å². The number of Topliss-reactive ketones (excluding diaryl/α,β-unsaturated/α-hetero) is 1. The molecule has 0 saturated heterocycles. The number of hydrogen-bond acceptors (Lipinski definition) is 5. The number of nitrogens with zero attached hydrogens (tertiary/aromatic N) is 2. The maximum Gasteiger partial charge on any atom is 0.185 e. The van der Waals surface area contributed by atoms with Crippen molar-refractivity contribution in [3.8, 4) is 17.0 Å². The second-order valence-corrected chi connectivity index (χ2v) is 7.87. The molecule has 0 amide bonds. The molecule has 3 aromatic rings. The molecule has 154 valence electrons. The van der Waals surface area contributed by atoms with E-state index in [4.69, 9.17) is 5.73 Å². The summed E-state index contributed by atoms with van der Waals surface area (Å²) in [7, 11) is 0. The highest BCUT2D eigenvalue weighted by atomic mass is 19.1. The summed E-state index contributed by atoms with van der Waals surface area (Å²) in [5.74, 6) is -0.393. The van der Waals surface area contributed by atoms with E-state index in [1.807, 2.05) is 6.07 Å². The number of carbonyl (C=O) groups is 1. The van der Waals surface area contributed by atoms with E-state index >= 15 is 0 Å². The molecule has 1 aliphatic carbocycles. The van der Waals surface area contributed by atoms with Crippen LogP contribution < -0.4 is 5.73 Å². The lowest BCUT2D eigenvalue weighted by Crippen LogP contribution is -2.27. The maximum absolute atomic E-state index is 14.2. The molecule has 0 unspecified atom stereocenters. The van der Waals surface area contributed by atoms with Crippen molar-refractivity contribution in [2.24, 2.45) is 5.73 Å². The highest BCUT2D eigenvalue weighted by Gasteiger charge is 2.24. The first-order valence-electron chi connectivity index (χ1n) is 10.2. The van der Waals surface area contributed by atoms with E-state index in [2.05, 4.69) is 9.97 Å². The predicted molar refractivity (Wildman–Crippen MR) is 113 cm³/mol. The molecule has 0 spiro atoms. The first-order chi connectivity index (χ1) is 14.5. The molecule has 1 saturated carbocycles. The molecule has 30 heavy (non-hydrogen) atoms. The van der Waals surface area contributed by atoms with Crippen LogP contribution in [0.4, 0.5) is 4.39 Å². The number of hydrogen-bond donors (Lipinski definition) is 2. The fourth-order valence-electron chi connectivity index (χ4n) is 4.21. The third-order valence-corrected chi connectivity index (χ3v) is 5.71. The normalized spacial score (nSPS) is 18.9. The van der Waals surface area contributed by atoms with Gasteiger partial charge in [0, 0.05) is 30.4 Å². The van der Waals surface area contributed by atoms with Crippen LogP contribution >= 0.6 is 0 Å².